The molecule has 0 saturated carbocycles. The largest absolute Gasteiger partial charge is 0.340 e. The Morgan fingerprint density at radius 1 is 1.56 bits per heavy atom. The third-order valence-electron chi connectivity index (χ3n) is 2.87. The summed E-state index contributed by atoms with van der Waals surface area (Å²) in [7, 11) is 1.69. The predicted octanol–water partition coefficient (Wildman–Crippen LogP) is 1.13. The van der Waals surface area contributed by atoms with Crippen molar-refractivity contribution in [1.82, 2.24) is 15.0 Å². The highest BCUT2D eigenvalue weighted by molar-refractivity contribution is 5.85. The molecule has 1 rings (SSSR count). The van der Waals surface area contributed by atoms with Crippen LogP contribution in [-0.4, -0.2) is 34.0 Å². The van der Waals surface area contributed by atoms with Crippen LogP contribution in [0.4, 0.5) is 0 Å². The molecule has 0 aliphatic rings. The van der Waals surface area contributed by atoms with Crippen LogP contribution in [0.2, 0.25) is 0 Å². The number of likely N-dealkylation sites (N-methyl/N-ethyl adjacent to an activating group) is 1. The van der Waals surface area contributed by atoms with Gasteiger partial charge in [0.15, 0.2) is 5.82 Å². The van der Waals surface area contributed by atoms with Gasteiger partial charge in [0.2, 0.25) is 11.8 Å². The summed E-state index contributed by atoms with van der Waals surface area (Å²) in [6.45, 7) is 6.01. The summed E-state index contributed by atoms with van der Waals surface area (Å²) in [4.78, 5) is 17.5. The van der Waals surface area contributed by atoms with E-state index in [1.807, 2.05) is 13.8 Å². The normalized spacial score (nSPS) is 13.6. The summed E-state index contributed by atoms with van der Waals surface area (Å²) in [6.07, 6.45) is 0.877. The van der Waals surface area contributed by atoms with Crippen molar-refractivity contribution >= 4 is 18.3 Å². The number of aromatic nitrogens is 2. The zero-order chi connectivity index (χ0) is 13.0. The van der Waals surface area contributed by atoms with Crippen molar-refractivity contribution < 1.29 is 9.32 Å². The molecule has 104 valence electrons. The lowest BCUT2D eigenvalue weighted by Crippen LogP contribution is -2.45. The van der Waals surface area contributed by atoms with E-state index in [2.05, 4.69) is 10.1 Å². The van der Waals surface area contributed by atoms with Crippen LogP contribution in [0.1, 0.15) is 32.0 Å². The Kier molecular flexibility index (Phi) is 6.86. The second-order valence-corrected chi connectivity index (χ2v) is 4.34. The first-order valence-electron chi connectivity index (χ1n) is 5.75. The minimum Gasteiger partial charge on any atom is -0.340 e. The first-order chi connectivity index (χ1) is 7.95. The third-order valence-corrected chi connectivity index (χ3v) is 2.87. The van der Waals surface area contributed by atoms with Crippen molar-refractivity contribution in [3.05, 3.63) is 11.7 Å². The number of hydrogen-bond acceptors (Lipinski definition) is 5. The molecule has 0 aliphatic carbocycles. The van der Waals surface area contributed by atoms with E-state index in [1.165, 1.54) is 4.90 Å². The quantitative estimate of drug-likeness (QED) is 0.871. The van der Waals surface area contributed by atoms with Crippen molar-refractivity contribution in [2.24, 2.45) is 11.7 Å². The molecule has 0 aliphatic heterocycles. The summed E-state index contributed by atoms with van der Waals surface area (Å²) in [5.74, 6) is 1.06. The summed E-state index contributed by atoms with van der Waals surface area (Å²) < 4.78 is 4.84. The molecule has 18 heavy (non-hydrogen) atoms. The molecule has 6 nitrogen and oxygen atoms in total. The van der Waals surface area contributed by atoms with Gasteiger partial charge in [0.1, 0.15) is 0 Å². The van der Waals surface area contributed by atoms with Crippen LogP contribution in [-0.2, 0) is 11.3 Å². The number of aryl methyl sites for hydroxylation is 1. The van der Waals surface area contributed by atoms with E-state index in [-0.39, 0.29) is 24.2 Å². The SMILES string of the molecule is CCC(C)C(N)C(=O)N(C)Cc1noc(C)n1.Cl. The smallest absolute Gasteiger partial charge is 0.239 e. The maximum absolute atomic E-state index is 12.0. The standard InChI is InChI=1S/C11H20N4O2.ClH/c1-5-7(2)10(12)11(16)15(4)6-9-13-8(3)17-14-9;/h7,10H,5-6,12H2,1-4H3;1H. The maximum Gasteiger partial charge on any atom is 0.239 e. The van der Waals surface area contributed by atoms with Gasteiger partial charge >= 0.3 is 0 Å². The predicted molar refractivity (Wildman–Crippen MR) is 70.2 cm³/mol. The van der Waals surface area contributed by atoms with Crippen molar-refractivity contribution in [2.75, 3.05) is 7.05 Å². The Balaban J connectivity index is 0.00000289. The molecule has 1 amide bonds. The van der Waals surface area contributed by atoms with Crippen molar-refractivity contribution in [2.45, 2.75) is 39.8 Å². The average molecular weight is 277 g/mol. The van der Waals surface area contributed by atoms with Gasteiger partial charge in [-0.05, 0) is 5.92 Å². The molecule has 0 fully saturated rings. The van der Waals surface area contributed by atoms with Gasteiger partial charge in [0.25, 0.3) is 0 Å². The first kappa shape index (κ1) is 16.9. The number of amides is 1. The molecule has 1 aromatic rings. The third kappa shape index (κ3) is 4.27. The topological polar surface area (TPSA) is 85.3 Å². The molecule has 0 spiro atoms. The summed E-state index contributed by atoms with van der Waals surface area (Å²) in [5.41, 5.74) is 5.88. The number of carbonyl (C=O) groups is 1. The summed E-state index contributed by atoms with van der Waals surface area (Å²) in [5, 5.41) is 3.74. The van der Waals surface area contributed by atoms with Gasteiger partial charge < -0.3 is 15.2 Å². The van der Waals surface area contributed by atoms with Gasteiger partial charge in [-0.1, -0.05) is 25.4 Å². The van der Waals surface area contributed by atoms with Crippen LogP contribution in [0.5, 0.6) is 0 Å². The highest BCUT2D eigenvalue weighted by Gasteiger charge is 2.23. The van der Waals surface area contributed by atoms with E-state index in [1.54, 1.807) is 14.0 Å². The van der Waals surface area contributed by atoms with Crippen LogP contribution in [0, 0.1) is 12.8 Å². The molecule has 2 atom stereocenters. The number of rotatable bonds is 5. The van der Waals surface area contributed by atoms with Crippen molar-refractivity contribution in [1.29, 1.82) is 0 Å². The molecular formula is C11H21ClN4O2. The Morgan fingerprint density at radius 2 is 2.17 bits per heavy atom. The molecule has 7 heteroatoms. The lowest BCUT2D eigenvalue weighted by molar-refractivity contribution is -0.133. The van der Waals surface area contributed by atoms with Gasteiger partial charge in [-0.2, -0.15) is 4.98 Å². The van der Waals surface area contributed by atoms with Crippen LogP contribution >= 0.6 is 12.4 Å². The second kappa shape index (κ2) is 7.33. The summed E-state index contributed by atoms with van der Waals surface area (Å²) in [6, 6.07) is -0.474. The second-order valence-electron chi connectivity index (χ2n) is 4.34. The fraction of sp³-hybridized carbons (Fsp3) is 0.727. The lowest BCUT2D eigenvalue weighted by Gasteiger charge is -2.23. The zero-order valence-electron chi connectivity index (χ0n) is 11.2. The highest BCUT2D eigenvalue weighted by Crippen LogP contribution is 2.09. The van der Waals surface area contributed by atoms with Gasteiger partial charge in [-0.3, -0.25) is 4.79 Å². The van der Waals surface area contributed by atoms with E-state index >= 15 is 0 Å². The van der Waals surface area contributed by atoms with E-state index in [9.17, 15) is 4.79 Å². The van der Waals surface area contributed by atoms with E-state index in [0.717, 1.165) is 6.42 Å². The number of hydrogen-bond donors (Lipinski definition) is 1. The van der Waals surface area contributed by atoms with Crippen molar-refractivity contribution in [3.63, 3.8) is 0 Å². The molecule has 2 unspecified atom stereocenters. The van der Waals surface area contributed by atoms with Gasteiger partial charge in [0.05, 0.1) is 12.6 Å². The number of halogens is 1. The molecule has 0 aromatic carbocycles. The van der Waals surface area contributed by atoms with Crippen LogP contribution in [0.15, 0.2) is 4.52 Å². The average Bonchev–Trinajstić information content (AvgIpc) is 2.71. The Labute approximate surface area is 113 Å². The maximum atomic E-state index is 12.0. The van der Waals surface area contributed by atoms with Gasteiger partial charge in [-0.25, -0.2) is 0 Å². The van der Waals surface area contributed by atoms with E-state index in [4.69, 9.17) is 10.3 Å². The molecule has 0 radical (unpaired) electrons. The minimum absolute atomic E-state index is 0. The van der Waals surface area contributed by atoms with Crippen LogP contribution < -0.4 is 5.73 Å². The fourth-order valence-corrected chi connectivity index (χ4v) is 1.45. The Hall–Kier alpha value is -1.14. The summed E-state index contributed by atoms with van der Waals surface area (Å²) >= 11 is 0. The Morgan fingerprint density at radius 3 is 2.61 bits per heavy atom. The monoisotopic (exact) mass is 276 g/mol. The Bertz CT molecular complexity index is 383. The molecular weight excluding hydrogens is 256 g/mol. The highest BCUT2D eigenvalue weighted by atomic mass is 35.5. The number of carbonyl (C=O) groups excluding carboxylic acids is 1. The van der Waals surface area contributed by atoms with Gasteiger partial charge in [0, 0.05) is 14.0 Å². The lowest BCUT2D eigenvalue weighted by atomic mass is 9.99. The molecule has 2 N–H and O–H groups in total. The minimum atomic E-state index is -0.474. The van der Waals surface area contributed by atoms with Crippen LogP contribution in [0.25, 0.3) is 0 Å². The molecule has 0 bridgehead atoms. The molecule has 1 heterocycles. The van der Waals surface area contributed by atoms with Crippen molar-refractivity contribution in [3.8, 4) is 0 Å². The number of nitrogens with two attached hydrogens (primary N) is 1. The molecule has 0 saturated heterocycles. The first-order valence-corrected chi connectivity index (χ1v) is 5.75. The van der Waals surface area contributed by atoms with E-state index in [0.29, 0.717) is 18.3 Å². The van der Waals surface area contributed by atoms with E-state index < -0.39 is 6.04 Å². The fourth-order valence-electron chi connectivity index (χ4n) is 1.45. The van der Waals surface area contributed by atoms with Gasteiger partial charge in [-0.15, -0.1) is 12.4 Å². The van der Waals surface area contributed by atoms with Crippen LogP contribution in [0.3, 0.4) is 0 Å². The molecule has 1 aromatic heterocycles. The zero-order valence-corrected chi connectivity index (χ0v) is 12.0. The number of nitrogens with zero attached hydrogens (tertiary/aromatic N) is 3.